The van der Waals surface area contributed by atoms with Gasteiger partial charge in [-0.2, -0.15) is 0 Å². The molecule has 0 bridgehead atoms. The van der Waals surface area contributed by atoms with Crippen LogP contribution in [0.4, 0.5) is 0 Å². The number of ether oxygens (including phenoxy) is 1. The molecule has 1 aliphatic rings. The third kappa shape index (κ3) is 6.03. The molecule has 1 N–H and O–H groups in total. The van der Waals surface area contributed by atoms with Crippen molar-refractivity contribution in [2.75, 3.05) is 0 Å². The first-order chi connectivity index (χ1) is 15.2. The van der Waals surface area contributed by atoms with Gasteiger partial charge < -0.3 is 9.84 Å². The van der Waals surface area contributed by atoms with Gasteiger partial charge in [-0.1, -0.05) is 91.0 Å². The molecule has 3 aromatic rings. The van der Waals surface area contributed by atoms with Crippen LogP contribution in [0.1, 0.15) is 29.5 Å². The maximum absolute atomic E-state index is 13.3. The van der Waals surface area contributed by atoms with Gasteiger partial charge in [0.2, 0.25) is 0 Å². The zero-order valence-electron chi connectivity index (χ0n) is 17.6. The van der Waals surface area contributed by atoms with E-state index in [9.17, 15) is 9.90 Å². The van der Waals surface area contributed by atoms with Crippen LogP contribution in [0.2, 0.25) is 0 Å². The predicted molar refractivity (Wildman–Crippen MR) is 121 cm³/mol. The minimum atomic E-state index is -0.740. The topological polar surface area (TPSA) is 49.8 Å². The Morgan fingerprint density at radius 3 is 1.71 bits per heavy atom. The third-order valence-corrected chi connectivity index (χ3v) is 5.74. The molecule has 2 unspecified atom stereocenters. The van der Waals surface area contributed by atoms with Gasteiger partial charge in [-0.3, -0.25) is 9.69 Å². The van der Waals surface area contributed by atoms with E-state index in [1.807, 2.05) is 91.0 Å². The standard InChI is InChI=1S/C27H29NO3/c29-26(24-16-17-24)25(27(30)31-20-23-14-8-3-9-15-23)28(18-21-10-4-1-5-11-21)19-22-12-6-2-7-13-22/h1-15,24-26,29H,16-20H2. The second-order valence-corrected chi connectivity index (χ2v) is 8.24. The summed E-state index contributed by atoms with van der Waals surface area (Å²) in [6.07, 6.45) is 1.16. The normalized spacial score (nSPS) is 15.4. The molecule has 4 nitrogen and oxygen atoms in total. The van der Waals surface area contributed by atoms with Crippen LogP contribution in [0.5, 0.6) is 0 Å². The highest BCUT2D eigenvalue weighted by atomic mass is 16.5. The molecule has 3 aromatic carbocycles. The molecule has 1 saturated carbocycles. The SMILES string of the molecule is O=C(OCc1ccccc1)C(C(O)C1CC1)N(Cc1ccccc1)Cc1ccccc1. The van der Waals surface area contributed by atoms with E-state index >= 15 is 0 Å². The molecule has 2 atom stereocenters. The Morgan fingerprint density at radius 2 is 1.26 bits per heavy atom. The molecule has 0 heterocycles. The van der Waals surface area contributed by atoms with Crippen molar-refractivity contribution in [2.45, 2.75) is 44.7 Å². The van der Waals surface area contributed by atoms with Crippen LogP contribution in [0.25, 0.3) is 0 Å². The number of nitrogens with zero attached hydrogens (tertiary/aromatic N) is 1. The van der Waals surface area contributed by atoms with Crippen LogP contribution >= 0.6 is 0 Å². The average molecular weight is 416 g/mol. The molecule has 0 spiro atoms. The minimum Gasteiger partial charge on any atom is -0.460 e. The van der Waals surface area contributed by atoms with Crippen molar-refractivity contribution in [3.05, 3.63) is 108 Å². The lowest BCUT2D eigenvalue weighted by Gasteiger charge is -2.33. The van der Waals surface area contributed by atoms with E-state index in [1.165, 1.54) is 0 Å². The molecule has 31 heavy (non-hydrogen) atoms. The Hall–Kier alpha value is -2.95. The van der Waals surface area contributed by atoms with Crippen LogP contribution in [-0.2, 0) is 29.2 Å². The van der Waals surface area contributed by atoms with E-state index in [1.54, 1.807) is 0 Å². The second-order valence-electron chi connectivity index (χ2n) is 8.24. The van der Waals surface area contributed by atoms with Crippen LogP contribution in [-0.4, -0.2) is 28.1 Å². The number of aliphatic hydroxyl groups is 1. The van der Waals surface area contributed by atoms with Crippen LogP contribution in [0.15, 0.2) is 91.0 Å². The lowest BCUT2D eigenvalue weighted by molar-refractivity contribution is -0.157. The number of hydrogen-bond acceptors (Lipinski definition) is 4. The van der Waals surface area contributed by atoms with Crippen molar-refractivity contribution in [3.8, 4) is 0 Å². The molecule has 1 aliphatic carbocycles. The predicted octanol–water partition coefficient (Wildman–Crippen LogP) is 4.57. The van der Waals surface area contributed by atoms with Gasteiger partial charge in [0, 0.05) is 13.1 Å². The fourth-order valence-electron chi connectivity index (χ4n) is 3.90. The zero-order valence-corrected chi connectivity index (χ0v) is 17.6. The Morgan fingerprint density at radius 1 is 0.806 bits per heavy atom. The summed E-state index contributed by atoms with van der Waals surface area (Å²) < 4.78 is 5.71. The fourth-order valence-corrected chi connectivity index (χ4v) is 3.90. The number of rotatable bonds is 10. The van der Waals surface area contributed by atoms with Gasteiger partial charge in [0.15, 0.2) is 0 Å². The van der Waals surface area contributed by atoms with Crippen molar-refractivity contribution in [3.63, 3.8) is 0 Å². The largest absolute Gasteiger partial charge is 0.460 e. The van der Waals surface area contributed by atoms with E-state index in [0.29, 0.717) is 13.1 Å². The van der Waals surface area contributed by atoms with Gasteiger partial charge in [0.05, 0.1) is 6.10 Å². The Labute approximate surface area is 184 Å². The van der Waals surface area contributed by atoms with Crippen molar-refractivity contribution in [1.82, 2.24) is 4.90 Å². The third-order valence-electron chi connectivity index (χ3n) is 5.74. The summed E-state index contributed by atoms with van der Waals surface area (Å²) in [6.45, 7) is 1.33. The second kappa shape index (κ2) is 10.4. The van der Waals surface area contributed by atoms with Gasteiger partial charge in [-0.25, -0.2) is 0 Å². The number of carbonyl (C=O) groups is 1. The van der Waals surface area contributed by atoms with Crippen molar-refractivity contribution < 1.29 is 14.6 Å². The Bertz CT molecular complexity index is 900. The maximum atomic E-state index is 13.3. The Balaban J connectivity index is 1.57. The number of hydrogen-bond donors (Lipinski definition) is 1. The molecule has 160 valence electrons. The van der Waals surface area contributed by atoms with Gasteiger partial charge in [-0.05, 0) is 35.4 Å². The average Bonchev–Trinajstić information content (AvgIpc) is 3.65. The van der Waals surface area contributed by atoms with Gasteiger partial charge in [0.25, 0.3) is 0 Å². The van der Waals surface area contributed by atoms with E-state index in [0.717, 1.165) is 29.5 Å². The summed E-state index contributed by atoms with van der Waals surface area (Å²) in [7, 11) is 0. The summed E-state index contributed by atoms with van der Waals surface area (Å²) >= 11 is 0. The summed E-state index contributed by atoms with van der Waals surface area (Å²) in [4.78, 5) is 15.3. The summed E-state index contributed by atoms with van der Waals surface area (Å²) in [5.41, 5.74) is 3.14. The lowest BCUT2D eigenvalue weighted by atomic mass is 10.0. The Kier molecular flexibility index (Phi) is 7.13. The monoisotopic (exact) mass is 415 g/mol. The molecule has 0 saturated heterocycles. The highest BCUT2D eigenvalue weighted by Gasteiger charge is 2.42. The first kappa shape index (κ1) is 21.3. The first-order valence-electron chi connectivity index (χ1n) is 10.9. The van der Waals surface area contributed by atoms with E-state index in [-0.39, 0.29) is 18.5 Å². The van der Waals surface area contributed by atoms with Crippen molar-refractivity contribution in [2.24, 2.45) is 5.92 Å². The summed E-state index contributed by atoms with van der Waals surface area (Å²) in [5, 5.41) is 11.1. The number of benzene rings is 3. The maximum Gasteiger partial charge on any atom is 0.326 e. The smallest absolute Gasteiger partial charge is 0.326 e. The van der Waals surface area contributed by atoms with Crippen LogP contribution in [0, 0.1) is 5.92 Å². The molecule has 0 aliphatic heterocycles. The van der Waals surface area contributed by atoms with Crippen LogP contribution < -0.4 is 0 Å². The van der Waals surface area contributed by atoms with Crippen LogP contribution in [0.3, 0.4) is 0 Å². The molecule has 0 aromatic heterocycles. The van der Waals surface area contributed by atoms with Gasteiger partial charge >= 0.3 is 5.97 Å². The summed E-state index contributed by atoms with van der Waals surface area (Å²) in [5.74, 6) is -0.210. The van der Waals surface area contributed by atoms with E-state index in [2.05, 4.69) is 4.90 Å². The number of aliphatic hydroxyl groups excluding tert-OH is 1. The quantitative estimate of drug-likeness (QED) is 0.493. The highest BCUT2D eigenvalue weighted by molar-refractivity contribution is 5.76. The minimum absolute atomic E-state index is 0.156. The van der Waals surface area contributed by atoms with Gasteiger partial charge in [-0.15, -0.1) is 0 Å². The van der Waals surface area contributed by atoms with Crippen molar-refractivity contribution in [1.29, 1.82) is 0 Å². The number of esters is 1. The fraction of sp³-hybridized carbons (Fsp3) is 0.296. The van der Waals surface area contributed by atoms with Crippen molar-refractivity contribution >= 4 is 5.97 Å². The lowest BCUT2D eigenvalue weighted by Crippen LogP contribution is -2.50. The molecule has 0 amide bonds. The zero-order chi connectivity index (χ0) is 21.5. The molecule has 1 fully saturated rings. The number of carbonyl (C=O) groups excluding carboxylic acids is 1. The first-order valence-corrected chi connectivity index (χ1v) is 10.9. The van der Waals surface area contributed by atoms with E-state index in [4.69, 9.17) is 4.74 Å². The molecule has 0 radical (unpaired) electrons. The molecule has 4 rings (SSSR count). The molecular formula is C27H29NO3. The molecule has 4 heteroatoms. The van der Waals surface area contributed by atoms with Gasteiger partial charge in [0.1, 0.15) is 12.6 Å². The summed E-state index contributed by atoms with van der Waals surface area (Å²) in [6, 6.07) is 29.1. The highest BCUT2D eigenvalue weighted by Crippen LogP contribution is 2.36. The molecular weight excluding hydrogens is 386 g/mol. The van der Waals surface area contributed by atoms with E-state index < -0.39 is 12.1 Å².